The molecule has 2 aromatic rings. The normalized spacial score (nSPS) is 16.3. The molecule has 1 saturated heterocycles. The molecule has 1 aliphatic rings. The highest BCUT2D eigenvalue weighted by Crippen LogP contribution is 2.19. The van der Waals surface area contributed by atoms with Crippen LogP contribution >= 0.6 is 11.6 Å². The van der Waals surface area contributed by atoms with E-state index < -0.39 is 0 Å². The van der Waals surface area contributed by atoms with Crippen molar-refractivity contribution in [2.45, 2.75) is 12.5 Å². The fourth-order valence-corrected chi connectivity index (χ4v) is 3.28. The summed E-state index contributed by atoms with van der Waals surface area (Å²) < 4.78 is 0. The van der Waals surface area contributed by atoms with Gasteiger partial charge in [0.2, 0.25) is 5.91 Å². The Kier molecular flexibility index (Phi) is 7.43. The van der Waals surface area contributed by atoms with E-state index in [4.69, 9.17) is 11.6 Å². The zero-order valence-corrected chi connectivity index (χ0v) is 17.9. The first-order chi connectivity index (χ1) is 14.4. The van der Waals surface area contributed by atoms with Gasteiger partial charge in [0.05, 0.1) is 5.02 Å². The third-order valence-corrected chi connectivity index (χ3v) is 4.92. The lowest BCUT2D eigenvalue weighted by molar-refractivity contribution is -0.111. The molecule has 1 aliphatic heterocycles. The van der Waals surface area contributed by atoms with E-state index in [-0.39, 0.29) is 17.9 Å². The average Bonchev–Trinajstić information content (AvgIpc) is 3.18. The van der Waals surface area contributed by atoms with Crippen LogP contribution in [-0.2, 0) is 4.79 Å². The number of carbonyl (C=O) groups is 2. The Morgan fingerprint density at radius 2 is 2.00 bits per heavy atom. The largest absolute Gasteiger partial charge is 0.365 e. The van der Waals surface area contributed by atoms with Crippen molar-refractivity contribution >= 4 is 34.9 Å². The van der Waals surface area contributed by atoms with Crippen molar-refractivity contribution in [2.75, 3.05) is 44.4 Å². The van der Waals surface area contributed by atoms with E-state index in [1.165, 1.54) is 6.08 Å². The Morgan fingerprint density at radius 3 is 2.67 bits per heavy atom. The Bertz CT molecular complexity index is 897. The second-order valence-electron chi connectivity index (χ2n) is 7.47. The predicted octanol–water partition coefficient (Wildman–Crippen LogP) is 3.12. The highest BCUT2D eigenvalue weighted by atomic mass is 35.5. The van der Waals surface area contributed by atoms with Gasteiger partial charge in [-0.25, -0.2) is 4.98 Å². The van der Waals surface area contributed by atoms with E-state index in [2.05, 4.69) is 15.6 Å². The van der Waals surface area contributed by atoms with E-state index in [0.29, 0.717) is 35.9 Å². The molecule has 0 aliphatic carbocycles. The van der Waals surface area contributed by atoms with Crippen molar-refractivity contribution in [1.29, 1.82) is 0 Å². The van der Waals surface area contributed by atoms with Crippen molar-refractivity contribution in [1.82, 2.24) is 14.8 Å². The number of pyridine rings is 1. The number of likely N-dealkylation sites (N-methyl/N-ethyl adjacent to an activating group) is 1. The molecule has 1 atom stereocenters. The molecule has 0 saturated carbocycles. The van der Waals surface area contributed by atoms with Gasteiger partial charge in [-0.15, -0.1) is 0 Å². The van der Waals surface area contributed by atoms with Crippen LogP contribution in [0.25, 0.3) is 0 Å². The number of nitrogens with zero attached hydrogens (tertiary/aromatic N) is 3. The number of likely N-dealkylation sites (tertiary alicyclic amines) is 1. The number of rotatable bonds is 7. The highest BCUT2D eigenvalue weighted by molar-refractivity contribution is 6.30. The summed E-state index contributed by atoms with van der Waals surface area (Å²) in [5.41, 5.74) is 1.25. The molecular weight excluding hydrogens is 402 g/mol. The monoisotopic (exact) mass is 427 g/mol. The zero-order chi connectivity index (χ0) is 21.5. The topological polar surface area (TPSA) is 77.6 Å². The SMILES string of the molecule is CN(C)C/C=C/C(=O)Nc1ccc(C(=O)N2CC[C@@H](Nc3ccc(Cl)cn3)C2)cc1. The molecule has 1 aromatic heterocycles. The lowest BCUT2D eigenvalue weighted by Crippen LogP contribution is -2.31. The minimum absolute atomic E-state index is 0.0212. The van der Waals surface area contributed by atoms with Gasteiger partial charge in [0.15, 0.2) is 0 Å². The van der Waals surface area contributed by atoms with Crippen LogP contribution < -0.4 is 10.6 Å². The number of anilines is 2. The Balaban J connectivity index is 1.51. The van der Waals surface area contributed by atoms with Crippen molar-refractivity contribution < 1.29 is 9.59 Å². The summed E-state index contributed by atoms with van der Waals surface area (Å²) >= 11 is 5.86. The van der Waals surface area contributed by atoms with Crippen molar-refractivity contribution in [3.63, 3.8) is 0 Å². The van der Waals surface area contributed by atoms with E-state index >= 15 is 0 Å². The van der Waals surface area contributed by atoms with Gasteiger partial charge in [-0.2, -0.15) is 0 Å². The molecule has 0 radical (unpaired) electrons. The van der Waals surface area contributed by atoms with Crippen LogP contribution in [-0.4, -0.2) is 66.4 Å². The van der Waals surface area contributed by atoms with Crippen LogP contribution in [0.15, 0.2) is 54.7 Å². The van der Waals surface area contributed by atoms with Crippen molar-refractivity contribution in [3.05, 3.63) is 65.3 Å². The minimum atomic E-state index is -0.194. The average molecular weight is 428 g/mol. The minimum Gasteiger partial charge on any atom is -0.365 e. The molecule has 2 N–H and O–H groups in total. The maximum atomic E-state index is 12.8. The quantitative estimate of drug-likeness (QED) is 0.664. The summed E-state index contributed by atoms with van der Waals surface area (Å²) in [5.74, 6) is 0.533. The molecule has 0 unspecified atom stereocenters. The summed E-state index contributed by atoms with van der Waals surface area (Å²) in [4.78, 5) is 32.7. The van der Waals surface area contributed by atoms with E-state index in [9.17, 15) is 9.59 Å². The fourth-order valence-electron chi connectivity index (χ4n) is 3.17. The maximum absolute atomic E-state index is 12.8. The van der Waals surface area contributed by atoms with Crippen LogP contribution in [0.1, 0.15) is 16.8 Å². The fraction of sp³-hybridized carbons (Fsp3) is 0.318. The standard InChI is InChI=1S/C22H26ClN5O2/c1-27(2)12-3-4-21(29)26-18-8-5-16(6-9-18)22(30)28-13-11-19(15-28)25-20-10-7-17(23)14-24-20/h3-10,14,19H,11-13,15H2,1-2H3,(H,24,25)(H,26,29)/b4-3+/t19-/m1/s1. The zero-order valence-electron chi connectivity index (χ0n) is 17.1. The van der Waals surface area contributed by atoms with Gasteiger partial charge in [-0.3, -0.25) is 9.59 Å². The third-order valence-electron chi connectivity index (χ3n) is 4.69. The van der Waals surface area contributed by atoms with Crippen LogP contribution in [0.4, 0.5) is 11.5 Å². The molecule has 2 heterocycles. The number of aromatic nitrogens is 1. The first-order valence-electron chi connectivity index (χ1n) is 9.80. The number of hydrogen-bond acceptors (Lipinski definition) is 5. The molecule has 7 nitrogen and oxygen atoms in total. The molecule has 1 fully saturated rings. The van der Waals surface area contributed by atoms with Gasteiger partial charge >= 0.3 is 0 Å². The number of amides is 2. The summed E-state index contributed by atoms with van der Waals surface area (Å²) in [6.07, 6.45) is 5.75. The second-order valence-corrected chi connectivity index (χ2v) is 7.91. The lowest BCUT2D eigenvalue weighted by Gasteiger charge is -2.17. The summed E-state index contributed by atoms with van der Waals surface area (Å²) in [7, 11) is 3.87. The van der Waals surface area contributed by atoms with Crippen LogP contribution in [0.3, 0.4) is 0 Å². The van der Waals surface area contributed by atoms with Gasteiger partial charge in [0.1, 0.15) is 5.82 Å². The van der Waals surface area contributed by atoms with Crippen LogP contribution in [0, 0.1) is 0 Å². The van der Waals surface area contributed by atoms with E-state index in [1.54, 1.807) is 42.6 Å². The molecule has 30 heavy (non-hydrogen) atoms. The Labute approximate surface area is 181 Å². The molecule has 1 aromatic carbocycles. The molecule has 0 spiro atoms. The lowest BCUT2D eigenvalue weighted by atomic mass is 10.2. The van der Waals surface area contributed by atoms with Crippen molar-refractivity contribution in [3.8, 4) is 0 Å². The van der Waals surface area contributed by atoms with Gasteiger partial charge in [0, 0.05) is 49.2 Å². The first kappa shape index (κ1) is 21.8. The smallest absolute Gasteiger partial charge is 0.253 e. The summed E-state index contributed by atoms with van der Waals surface area (Å²) in [6, 6.07) is 10.7. The highest BCUT2D eigenvalue weighted by Gasteiger charge is 2.27. The summed E-state index contributed by atoms with van der Waals surface area (Å²) in [5, 5.41) is 6.72. The number of benzene rings is 1. The molecule has 3 rings (SSSR count). The molecule has 8 heteroatoms. The Hall–Kier alpha value is -2.90. The van der Waals surface area contributed by atoms with Gasteiger partial charge in [-0.05, 0) is 56.9 Å². The number of hydrogen-bond donors (Lipinski definition) is 2. The number of carbonyl (C=O) groups excluding carboxylic acids is 2. The van der Waals surface area contributed by atoms with Crippen molar-refractivity contribution in [2.24, 2.45) is 0 Å². The predicted molar refractivity (Wildman–Crippen MR) is 120 cm³/mol. The summed E-state index contributed by atoms with van der Waals surface area (Å²) in [6.45, 7) is 1.98. The van der Waals surface area contributed by atoms with Gasteiger partial charge in [0.25, 0.3) is 5.91 Å². The van der Waals surface area contributed by atoms with E-state index in [0.717, 1.165) is 12.2 Å². The van der Waals surface area contributed by atoms with Gasteiger partial charge < -0.3 is 20.4 Å². The Morgan fingerprint density at radius 1 is 1.23 bits per heavy atom. The molecular formula is C22H26ClN5O2. The third kappa shape index (κ3) is 6.30. The number of halogens is 1. The van der Waals surface area contributed by atoms with Crippen LogP contribution in [0.5, 0.6) is 0 Å². The molecule has 2 amide bonds. The molecule has 158 valence electrons. The maximum Gasteiger partial charge on any atom is 0.253 e. The number of nitrogens with one attached hydrogen (secondary N) is 2. The first-order valence-corrected chi connectivity index (χ1v) is 10.2. The molecule has 0 bridgehead atoms. The van der Waals surface area contributed by atoms with Crippen LogP contribution in [0.2, 0.25) is 5.02 Å². The van der Waals surface area contributed by atoms with Gasteiger partial charge in [-0.1, -0.05) is 17.7 Å². The second kappa shape index (κ2) is 10.2. The van der Waals surface area contributed by atoms with E-state index in [1.807, 2.05) is 30.0 Å².